The van der Waals surface area contributed by atoms with Crippen molar-refractivity contribution in [3.05, 3.63) is 29.8 Å². The van der Waals surface area contributed by atoms with Crippen LogP contribution in [0.25, 0.3) is 11.0 Å². The summed E-state index contributed by atoms with van der Waals surface area (Å²) in [5.74, 6) is 1.34. The lowest BCUT2D eigenvalue weighted by Gasteiger charge is -2.26. The third kappa shape index (κ3) is 3.80. The predicted octanol–water partition coefficient (Wildman–Crippen LogP) is 2.60. The Morgan fingerprint density at radius 3 is 3.19 bits per heavy atom. The maximum atomic E-state index is 13.2. The molecular formula is C16H22FN3O. The van der Waals surface area contributed by atoms with Crippen LogP contribution in [0.5, 0.6) is 0 Å². The number of likely N-dealkylation sites (N-methyl/N-ethyl adjacent to an activating group) is 1. The van der Waals surface area contributed by atoms with Crippen LogP contribution >= 0.6 is 0 Å². The largest absolute Gasteiger partial charge is 0.381 e. The van der Waals surface area contributed by atoms with Gasteiger partial charge in [0.2, 0.25) is 0 Å². The Bertz CT molecular complexity index is 592. The number of nitrogens with zero attached hydrogens (tertiary/aromatic N) is 2. The molecular weight excluding hydrogens is 269 g/mol. The maximum Gasteiger partial charge on any atom is 0.125 e. The van der Waals surface area contributed by atoms with Crippen molar-refractivity contribution in [2.45, 2.75) is 19.3 Å². The molecule has 0 amide bonds. The molecule has 5 heteroatoms. The summed E-state index contributed by atoms with van der Waals surface area (Å²) in [6, 6.07) is 4.66. The maximum absolute atomic E-state index is 13.2. The summed E-state index contributed by atoms with van der Waals surface area (Å²) in [6.07, 6.45) is 3.28. The van der Waals surface area contributed by atoms with Crippen LogP contribution in [0.3, 0.4) is 0 Å². The monoisotopic (exact) mass is 291 g/mol. The van der Waals surface area contributed by atoms with E-state index in [9.17, 15) is 4.39 Å². The number of aromatic nitrogens is 2. The van der Waals surface area contributed by atoms with Gasteiger partial charge in [-0.1, -0.05) is 0 Å². The predicted molar refractivity (Wildman–Crippen MR) is 80.8 cm³/mol. The quantitative estimate of drug-likeness (QED) is 0.920. The van der Waals surface area contributed by atoms with Crippen LogP contribution in [-0.2, 0) is 11.2 Å². The third-order valence-corrected chi connectivity index (χ3v) is 4.05. The van der Waals surface area contributed by atoms with E-state index in [1.165, 1.54) is 25.0 Å². The zero-order valence-corrected chi connectivity index (χ0v) is 12.4. The number of aromatic amines is 1. The summed E-state index contributed by atoms with van der Waals surface area (Å²) in [5, 5.41) is 0. The van der Waals surface area contributed by atoms with Gasteiger partial charge >= 0.3 is 0 Å². The van der Waals surface area contributed by atoms with Crippen LogP contribution in [0, 0.1) is 11.7 Å². The Hall–Kier alpha value is -1.46. The molecule has 2 heterocycles. The summed E-state index contributed by atoms with van der Waals surface area (Å²) in [5.41, 5.74) is 1.60. The van der Waals surface area contributed by atoms with Crippen LogP contribution in [0.1, 0.15) is 18.7 Å². The summed E-state index contributed by atoms with van der Waals surface area (Å²) < 4.78 is 18.7. The molecule has 114 valence electrons. The lowest BCUT2D eigenvalue weighted by atomic mass is 10.0. The van der Waals surface area contributed by atoms with Gasteiger partial charge in [-0.05, 0) is 44.0 Å². The second-order valence-electron chi connectivity index (χ2n) is 5.94. The van der Waals surface area contributed by atoms with E-state index in [0.717, 1.165) is 49.6 Å². The van der Waals surface area contributed by atoms with E-state index in [-0.39, 0.29) is 5.82 Å². The molecule has 1 atom stereocenters. The summed E-state index contributed by atoms with van der Waals surface area (Å²) >= 11 is 0. The van der Waals surface area contributed by atoms with E-state index < -0.39 is 0 Å². The molecule has 0 bridgehead atoms. The first-order valence-electron chi connectivity index (χ1n) is 7.61. The van der Waals surface area contributed by atoms with E-state index in [0.29, 0.717) is 5.92 Å². The molecule has 0 radical (unpaired) electrons. The number of hydrogen-bond acceptors (Lipinski definition) is 3. The van der Waals surface area contributed by atoms with Crippen molar-refractivity contribution in [2.75, 3.05) is 33.4 Å². The minimum atomic E-state index is -0.230. The average Bonchev–Trinajstić information content (AvgIpc) is 2.88. The number of ether oxygens (including phenoxy) is 1. The molecule has 1 aliphatic rings. The van der Waals surface area contributed by atoms with E-state index >= 15 is 0 Å². The second-order valence-corrected chi connectivity index (χ2v) is 5.94. The van der Waals surface area contributed by atoms with E-state index in [1.807, 2.05) is 0 Å². The molecule has 3 rings (SSSR count). The van der Waals surface area contributed by atoms with Crippen molar-refractivity contribution < 1.29 is 9.13 Å². The topological polar surface area (TPSA) is 41.2 Å². The van der Waals surface area contributed by atoms with Crippen LogP contribution in [0.4, 0.5) is 4.39 Å². The molecule has 4 nitrogen and oxygen atoms in total. The van der Waals surface area contributed by atoms with Crippen molar-refractivity contribution in [2.24, 2.45) is 5.92 Å². The first-order chi connectivity index (χ1) is 10.2. The van der Waals surface area contributed by atoms with Crippen molar-refractivity contribution in [1.82, 2.24) is 14.9 Å². The number of hydrogen-bond donors (Lipinski definition) is 1. The first-order valence-corrected chi connectivity index (χ1v) is 7.61. The second kappa shape index (κ2) is 6.54. The Morgan fingerprint density at radius 2 is 2.38 bits per heavy atom. The number of fused-ring (bicyclic) bond motifs is 1. The lowest BCUT2D eigenvalue weighted by molar-refractivity contribution is 0.0422. The van der Waals surface area contributed by atoms with Gasteiger partial charge in [-0.3, -0.25) is 0 Å². The van der Waals surface area contributed by atoms with Gasteiger partial charge in [0.1, 0.15) is 11.6 Å². The van der Waals surface area contributed by atoms with Gasteiger partial charge in [0.05, 0.1) is 17.6 Å². The number of benzene rings is 1. The standard InChI is InChI=1S/C16H22FN3O/c1-20(10-12-3-2-8-21-11-12)7-6-16-18-14-5-4-13(17)9-15(14)19-16/h4-5,9,12H,2-3,6-8,10-11H2,1H3,(H,18,19)/t12-/m0/s1. The molecule has 0 unspecified atom stereocenters. The molecule has 21 heavy (non-hydrogen) atoms. The Morgan fingerprint density at radius 1 is 1.48 bits per heavy atom. The van der Waals surface area contributed by atoms with Gasteiger partial charge in [0, 0.05) is 26.1 Å². The Kier molecular flexibility index (Phi) is 4.51. The molecule has 1 aliphatic heterocycles. The fourth-order valence-electron chi connectivity index (χ4n) is 2.93. The highest BCUT2D eigenvalue weighted by Gasteiger charge is 2.16. The highest BCUT2D eigenvalue weighted by molar-refractivity contribution is 5.74. The highest BCUT2D eigenvalue weighted by atomic mass is 19.1. The molecule has 1 saturated heterocycles. The molecule has 0 saturated carbocycles. The van der Waals surface area contributed by atoms with E-state index in [1.54, 1.807) is 6.07 Å². The average molecular weight is 291 g/mol. The summed E-state index contributed by atoms with van der Waals surface area (Å²) in [4.78, 5) is 10.0. The Labute approximate surface area is 124 Å². The van der Waals surface area contributed by atoms with Crippen LogP contribution < -0.4 is 0 Å². The highest BCUT2D eigenvalue weighted by Crippen LogP contribution is 2.15. The third-order valence-electron chi connectivity index (χ3n) is 4.05. The fraction of sp³-hybridized carbons (Fsp3) is 0.562. The normalized spacial score (nSPS) is 19.5. The van der Waals surface area contributed by atoms with E-state index in [4.69, 9.17) is 4.74 Å². The van der Waals surface area contributed by atoms with Gasteiger partial charge in [0.25, 0.3) is 0 Å². The van der Waals surface area contributed by atoms with Gasteiger partial charge < -0.3 is 14.6 Å². The van der Waals surface area contributed by atoms with Crippen LogP contribution in [0.15, 0.2) is 18.2 Å². The molecule has 1 fully saturated rings. The zero-order chi connectivity index (χ0) is 14.7. The number of rotatable bonds is 5. The van der Waals surface area contributed by atoms with Crippen molar-refractivity contribution in [3.63, 3.8) is 0 Å². The molecule has 1 aromatic carbocycles. The molecule has 2 aromatic rings. The number of nitrogens with one attached hydrogen (secondary N) is 1. The van der Waals surface area contributed by atoms with Gasteiger partial charge in [-0.15, -0.1) is 0 Å². The fourth-order valence-corrected chi connectivity index (χ4v) is 2.93. The smallest absolute Gasteiger partial charge is 0.125 e. The summed E-state index contributed by atoms with van der Waals surface area (Å²) in [6.45, 7) is 3.80. The number of halogens is 1. The van der Waals surface area contributed by atoms with Gasteiger partial charge in [0.15, 0.2) is 0 Å². The lowest BCUT2D eigenvalue weighted by Crippen LogP contribution is -2.32. The molecule has 0 spiro atoms. The minimum Gasteiger partial charge on any atom is -0.381 e. The first kappa shape index (κ1) is 14.5. The van der Waals surface area contributed by atoms with Gasteiger partial charge in [-0.2, -0.15) is 0 Å². The van der Waals surface area contributed by atoms with Crippen molar-refractivity contribution in [3.8, 4) is 0 Å². The van der Waals surface area contributed by atoms with Crippen LogP contribution in [-0.4, -0.2) is 48.2 Å². The van der Waals surface area contributed by atoms with Crippen molar-refractivity contribution >= 4 is 11.0 Å². The van der Waals surface area contributed by atoms with Crippen LogP contribution in [0.2, 0.25) is 0 Å². The minimum absolute atomic E-state index is 0.230. The number of imidazole rings is 1. The molecule has 0 aliphatic carbocycles. The van der Waals surface area contributed by atoms with Gasteiger partial charge in [-0.25, -0.2) is 9.37 Å². The SMILES string of the molecule is CN(CCc1nc2ccc(F)cc2[nH]1)C[C@@H]1CCCOC1. The summed E-state index contributed by atoms with van der Waals surface area (Å²) in [7, 11) is 2.14. The number of H-pyrrole nitrogens is 1. The van der Waals surface area contributed by atoms with Crippen molar-refractivity contribution in [1.29, 1.82) is 0 Å². The molecule has 1 N–H and O–H groups in total. The Balaban J connectivity index is 1.53. The molecule has 1 aromatic heterocycles. The van der Waals surface area contributed by atoms with E-state index in [2.05, 4.69) is 21.9 Å². The zero-order valence-electron chi connectivity index (χ0n) is 12.4.